The molecule has 16 rings (SSSR count). The number of amides is 9. The molecule has 0 fully saturated rings. The summed E-state index contributed by atoms with van der Waals surface area (Å²) in [5, 5.41) is 27.4. The molecule has 1 unspecified atom stereocenters. The number of rotatable bonds is 47. The molecular weight excluding hydrogens is 1560 g/mol. The Labute approximate surface area is 716 Å². The maximum absolute atomic E-state index is 15.6. The van der Waals surface area contributed by atoms with E-state index in [1.807, 2.05) is 65.2 Å². The minimum Gasteiger partial charge on any atom is -0.489 e. The molecule has 121 heavy (non-hydrogen) atoms. The van der Waals surface area contributed by atoms with E-state index in [-0.39, 0.29) is 274 Å². The van der Waals surface area contributed by atoms with E-state index in [1.165, 1.54) is 12.1 Å². The van der Waals surface area contributed by atoms with Crippen molar-refractivity contribution in [3.63, 3.8) is 0 Å². The second-order valence-electron chi connectivity index (χ2n) is 30.8. The Morgan fingerprint density at radius 1 is 0.339 bits per heavy atom. The first-order valence-corrected chi connectivity index (χ1v) is 44.2. The first-order chi connectivity index (χ1) is 58.7. The molecule has 9 N–H and O–H groups in total. The Hall–Kier alpha value is -9.85. The topological polar surface area (TPSA) is 370 Å². The minimum atomic E-state index is -0.769. The summed E-state index contributed by atoms with van der Waals surface area (Å²) >= 11 is 0. The molecule has 31 nitrogen and oxygen atoms in total. The molecule has 12 aliphatic rings. The highest BCUT2D eigenvalue weighted by Crippen LogP contribution is 2.41. The number of benzene rings is 4. The number of hydrogen-bond donors (Lipinski definition) is 9. The van der Waals surface area contributed by atoms with Gasteiger partial charge in [0.15, 0.2) is 46.0 Å². The summed E-state index contributed by atoms with van der Waals surface area (Å²) in [6.45, 7) is 25.8. The number of carbonyl (C=O) groups excluding carboxylic acids is 9. The molecule has 0 spiro atoms. The number of unbranched alkanes of at least 4 members (excludes halogenated alkanes) is 8. The number of carbonyl (C=O) groups is 9. The quantitative estimate of drug-likeness (QED) is 0.0186. The molecule has 12 heterocycles. The van der Waals surface area contributed by atoms with Crippen molar-refractivity contribution in [1.29, 1.82) is 0 Å². The highest BCUT2D eigenvalue weighted by Gasteiger charge is 2.32. The molecule has 12 aliphatic heterocycles. The van der Waals surface area contributed by atoms with Crippen molar-refractivity contribution in [1.82, 2.24) is 57.7 Å². The predicted octanol–water partition coefficient (Wildman–Crippen LogP) is 11.4. The molecule has 0 radical (unpaired) electrons. The Balaban J connectivity index is 1.45. The average molecular weight is 1700 g/mol. The van der Waals surface area contributed by atoms with E-state index in [0.29, 0.717) is 51.4 Å². The van der Waals surface area contributed by atoms with Crippen LogP contribution in [0.2, 0.25) is 0 Å². The fourth-order valence-electron chi connectivity index (χ4n) is 12.7. The third kappa shape index (κ3) is 34.5. The average Bonchev–Trinajstić information content (AvgIpc) is 0.818. The summed E-state index contributed by atoms with van der Waals surface area (Å²) in [5.41, 5.74) is 0.437. The first-order valence-electron chi connectivity index (χ1n) is 44.2. The zero-order valence-corrected chi connectivity index (χ0v) is 73.9. The van der Waals surface area contributed by atoms with Gasteiger partial charge in [0.1, 0.15) is 5.60 Å². The molecule has 4 aromatic rings. The summed E-state index contributed by atoms with van der Waals surface area (Å²) in [4.78, 5) is 135. The fraction of sp³-hybridized carbons (Fsp3) is 0.633. The second-order valence-corrected chi connectivity index (χ2v) is 30.8. The largest absolute Gasteiger partial charge is 0.489 e. The van der Waals surface area contributed by atoms with Crippen molar-refractivity contribution in [2.75, 3.05) is 171 Å². The fourth-order valence-corrected chi connectivity index (χ4v) is 12.7. The molecular formula is C90H139N11O20. The summed E-state index contributed by atoms with van der Waals surface area (Å²) in [6.07, 6.45) is 11.1. The molecule has 1 atom stereocenters. The standard InChI is InChI=1S/C90H139N11O20/c1-12-20-51-113-73-65(30-35-71(78(73)118-56-25-17-6)87(108)97-44-59-111-61-62-112-60-45-98-89(110)121-90(9,10)11)81(102)91-38-28-29-64-63-101-49-42-95-85(106)68-33-31-66(74(114-52-21-13-2)76(68)116-54-23-15-4)82(103)92-39-46-100(48-41-94-84(105)70-36-37-72(88(109)99-64)80(120-58-27-19-8)79(70)119-57-26-18-7)47-40-93-83(104)67-32-34-69(86(107)96-43-50-101)77(117-55-24-16-5)75(67)115-53-22-14-3/h30-37,64H,12-29,38-63H2,1-11H3,(H,91,102)(H,92,103)(H,93,104)(H,94,105)(H,95,106)(H,96,107)(H,97,108)(H,98,110)(H,99,109). The van der Waals surface area contributed by atoms with Gasteiger partial charge in [-0.15, -0.1) is 0 Å². The highest BCUT2D eigenvalue weighted by molar-refractivity contribution is 6.06. The SMILES string of the molecule is CCCCOc1c(C(=O)NCCCC2CN3CCNC(=O)c4ccc(c(OCCCC)c4OCCCC)C(=O)NCCN(CCNC(=O)c4ccc(c(OCCCC)c4OCCCC)C(=O)NCC3)CCNC(=O)c3ccc(c(OCCCC)c3OCCCC)C(=O)N2)ccc(C(=O)NCCOCCOCCNC(=O)OC(C)(C)C)c1OCCCC. The van der Waals surface area contributed by atoms with Crippen molar-refractivity contribution in [3.8, 4) is 46.0 Å². The van der Waals surface area contributed by atoms with Crippen molar-refractivity contribution in [3.05, 3.63) is 93.0 Å². The van der Waals surface area contributed by atoms with E-state index in [2.05, 4.69) is 47.9 Å². The molecule has 9 amide bonds. The number of nitrogens with zero attached hydrogens (tertiary/aromatic N) is 2. The van der Waals surface area contributed by atoms with Gasteiger partial charge in [0.25, 0.3) is 47.3 Å². The van der Waals surface area contributed by atoms with E-state index in [1.54, 1.807) is 57.2 Å². The van der Waals surface area contributed by atoms with E-state index in [9.17, 15) is 38.4 Å². The van der Waals surface area contributed by atoms with Crippen LogP contribution in [0.15, 0.2) is 48.5 Å². The van der Waals surface area contributed by atoms with Gasteiger partial charge in [-0.05, 0) is 134 Å². The lowest BCUT2D eigenvalue weighted by Gasteiger charge is -2.29. The lowest BCUT2D eigenvalue weighted by molar-refractivity contribution is 0.0399. The van der Waals surface area contributed by atoms with Crippen LogP contribution in [0.5, 0.6) is 46.0 Å². The maximum atomic E-state index is 15.6. The smallest absolute Gasteiger partial charge is 0.407 e. The lowest BCUT2D eigenvalue weighted by Crippen LogP contribution is -2.48. The van der Waals surface area contributed by atoms with Gasteiger partial charge >= 0.3 is 6.09 Å². The van der Waals surface area contributed by atoms with Crippen molar-refractivity contribution >= 4 is 53.4 Å². The Morgan fingerprint density at radius 3 is 0.909 bits per heavy atom. The number of ether oxygens (including phenoxy) is 11. The highest BCUT2D eigenvalue weighted by atomic mass is 16.6. The molecule has 0 aliphatic carbocycles. The Bertz CT molecular complexity index is 3760. The zero-order valence-electron chi connectivity index (χ0n) is 73.9. The normalized spacial score (nSPS) is 15.9. The van der Waals surface area contributed by atoms with Gasteiger partial charge < -0.3 is 100.0 Å². The van der Waals surface area contributed by atoms with Gasteiger partial charge in [0.05, 0.1) is 124 Å². The van der Waals surface area contributed by atoms with E-state index < -0.39 is 65.0 Å². The van der Waals surface area contributed by atoms with E-state index >= 15 is 4.79 Å². The number of hydrogen-bond acceptors (Lipinski definition) is 22. The van der Waals surface area contributed by atoms with Crippen molar-refractivity contribution < 1.29 is 95.3 Å². The summed E-state index contributed by atoms with van der Waals surface area (Å²) in [7, 11) is 0. The van der Waals surface area contributed by atoms with E-state index in [4.69, 9.17) is 52.1 Å². The van der Waals surface area contributed by atoms with Crippen LogP contribution in [0.3, 0.4) is 0 Å². The summed E-state index contributed by atoms with van der Waals surface area (Å²) in [5.74, 6) is -3.25. The molecule has 674 valence electrons. The van der Waals surface area contributed by atoms with Crippen LogP contribution >= 0.6 is 0 Å². The maximum Gasteiger partial charge on any atom is 0.407 e. The minimum absolute atomic E-state index is 0.00920. The third-order valence-corrected chi connectivity index (χ3v) is 19.6. The van der Waals surface area contributed by atoms with Crippen LogP contribution in [-0.4, -0.2) is 246 Å². The zero-order chi connectivity index (χ0) is 87.6. The second kappa shape index (κ2) is 56.7. The predicted molar refractivity (Wildman–Crippen MR) is 465 cm³/mol. The molecule has 4 aromatic carbocycles. The molecule has 0 saturated carbocycles. The van der Waals surface area contributed by atoms with Crippen LogP contribution in [0.1, 0.15) is 275 Å². The van der Waals surface area contributed by atoms with Crippen LogP contribution in [-0.2, 0) is 14.2 Å². The molecule has 8 bridgehead atoms. The lowest BCUT2D eigenvalue weighted by atomic mass is 10.0. The van der Waals surface area contributed by atoms with Gasteiger partial charge in [-0.1, -0.05) is 107 Å². The molecule has 0 saturated heterocycles. The van der Waals surface area contributed by atoms with Gasteiger partial charge in [-0.3, -0.25) is 48.2 Å². The number of alkyl carbamates (subject to hydrolysis) is 1. The van der Waals surface area contributed by atoms with Crippen LogP contribution < -0.4 is 85.7 Å². The van der Waals surface area contributed by atoms with Crippen LogP contribution in [0, 0.1) is 0 Å². The van der Waals surface area contributed by atoms with Gasteiger partial charge in [-0.2, -0.15) is 0 Å². The number of nitrogens with one attached hydrogen (secondary N) is 9. The monoisotopic (exact) mass is 1690 g/mol. The Kier molecular flexibility index (Phi) is 46.8. The van der Waals surface area contributed by atoms with Gasteiger partial charge in [0, 0.05) is 97.7 Å². The third-order valence-electron chi connectivity index (χ3n) is 19.6. The van der Waals surface area contributed by atoms with Crippen molar-refractivity contribution in [2.45, 2.75) is 203 Å². The molecule has 31 heteroatoms. The van der Waals surface area contributed by atoms with Gasteiger partial charge in [-0.25, -0.2) is 4.79 Å². The summed E-state index contributed by atoms with van der Waals surface area (Å²) < 4.78 is 68.4. The molecule has 0 aromatic heterocycles. The first kappa shape index (κ1) is 100.0. The van der Waals surface area contributed by atoms with Crippen LogP contribution in [0.4, 0.5) is 4.79 Å². The van der Waals surface area contributed by atoms with Crippen molar-refractivity contribution in [2.24, 2.45) is 0 Å². The Morgan fingerprint density at radius 2 is 0.612 bits per heavy atom. The summed E-state index contributed by atoms with van der Waals surface area (Å²) in [6, 6.07) is 11.6. The van der Waals surface area contributed by atoms with Crippen LogP contribution in [0.25, 0.3) is 0 Å². The van der Waals surface area contributed by atoms with E-state index in [0.717, 1.165) is 51.4 Å². The van der Waals surface area contributed by atoms with Gasteiger partial charge in [0.2, 0.25) is 0 Å².